The van der Waals surface area contributed by atoms with Crippen molar-refractivity contribution >= 4 is 34.2 Å². The van der Waals surface area contributed by atoms with E-state index in [4.69, 9.17) is 0 Å². The summed E-state index contributed by atoms with van der Waals surface area (Å²) in [5.41, 5.74) is 0.748. The van der Waals surface area contributed by atoms with Crippen LogP contribution in [0.15, 0.2) is 28.7 Å². The van der Waals surface area contributed by atoms with Crippen molar-refractivity contribution in [1.29, 1.82) is 0 Å². The van der Waals surface area contributed by atoms with Crippen LogP contribution in [0.5, 0.6) is 0 Å². The number of nitrogens with one attached hydrogen (secondary N) is 1. The van der Waals surface area contributed by atoms with Crippen LogP contribution in [0.2, 0.25) is 0 Å². The van der Waals surface area contributed by atoms with Gasteiger partial charge < -0.3 is 10.2 Å². The Balaban J connectivity index is 0.00000144. The third-order valence-electron chi connectivity index (χ3n) is 2.99. The van der Waals surface area contributed by atoms with E-state index < -0.39 is 0 Å². The molecule has 0 aliphatic carbocycles. The molecule has 0 aromatic heterocycles. The molecule has 5 heteroatoms. The van der Waals surface area contributed by atoms with Crippen LogP contribution in [0.1, 0.15) is 16.8 Å². The molecule has 1 N–H and O–H groups in total. The molecule has 0 radical (unpaired) electrons. The molecule has 0 saturated carbocycles. The fraction of sp³-hybridized carbons (Fsp3) is 0.417. The van der Waals surface area contributed by atoms with Gasteiger partial charge in [0.1, 0.15) is 0 Å². The third kappa shape index (κ3) is 3.44. The number of rotatable bonds is 2. The predicted molar refractivity (Wildman–Crippen MR) is 74.8 cm³/mol. The Kier molecular flexibility index (Phi) is 5.43. The second-order valence-corrected chi connectivity index (χ2v) is 4.99. The summed E-state index contributed by atoms with van der Waals surface area (Å²) in [5.74, 6) is 0.0983. The van der Waals surface area contributed by atoms with Gasteiger partial charge in [-0.15, -0.1) is 12.4 Å². The minimum atomic E-state index is 0. The van der Waals surface area contributed by atoms with E-state index in [-0.39, 0.29) is 18.3 Å². The highest BCUT2D eigenvalue weighted by molar-refractivity contribution is 9.10. The number of carbonyl (C=O) groups is 1. The van der Waals surface area contributed by atoms with E-state index in [1.165, 1.54) is 0 Å². The summed E-state index contributed by atoms with van der Waals surface area (Å²) in [6, 6.07) is 7.83. The van der Waals surface area contributed by atoms with Gasteiger partial charge in [0, 0.05) is 29.7 Å². The molecule has 1 heterocycles. The molecule has 1 atom stereocenters. The molecule has 2 rings (SSSR count). The average molecular weight is 320 g/mol. The zero-order chi connectivity index (χ0) is 11.5. The molecule has 17 heavy (non-hydrogen) atoms. The normalized spacial score (nSPS) is 18.6. The SMILES string of the molecule is CN(C(=O)c1ccc(Br)cc1)[C@@H]1CCNC1.Cl. The van der Waals surface area contributed by atoms with E-state index in [0.29, 0.717) is 6.04 Å². The van der Waals surface area contributed by atoms with Gasteiger partial charge in [0.05, 0.1) is 0 Å². The number of halogens is 2. The molecule has 1 aromatic rings. The van der Waals surface area contributed by atoms with Gasteiger partial charge >= 0.3 is 0 Å². The van der Waals surface area contributed by atoms with Gasteiger partial charge in [-0.1, -0.05) is 15.9 Å². The summed E-state index contributed by atoms with van der Waals surface area (Å²) < 4.78 is 0.995. The minimum Gasteiger partial charge on any atom is -0.337 e. The summed E-state index contributed by atoms with van der Waals surface area (Å²) in [7, 11) is 1.88. The summed E-state index contributed by atoms with van der Waals surface area (Å²) in [4.78, 5) is 14.0. The molecule has 94 valence electrons. The van der Waals surface area contributed by atoms with E-state index in [0.717, 1.165) is 29.5 Å². The summed E-state index contributed by atoms with van der Waals surface area (Å²) in [6.07, 6.45) is 1.04. The second kappa shape index (κ2) is 6.38. The number of carbonyl (C=O) groups excluding carboxylic acids is 1. The Morgan fingerprint density at radius 3 is 2.59 bits per heavy atom. The number of nitrogens with zero attached hydrogens (tertiary/aromatic N) is 1. The zero-order valence-electron chi connectivity index (χ0n) is 9.65. The van der Waals surface area contributed by atoms with Gasteiger partial charge in [-0.05, 0) is 37.2 Å². The minimum absolute atomic E-state index is 0. The number of likely N-dealkylation sites (N-methyl/N-ethyl adjacent to an activating group) is 1. The van der Waals surface area contributed by atoms with Gasteiger partial charge in [0.15, 0.2) is 0 Å². The van der Waals surface area contributed by atoms with Crippen molar-refractivity contribution < 1.29 is 4.79 Å². The number of hydrogen-bond acceptors (Lipinski definition) is 2. The molecule has 0 bridgehead atoms. The third-order valence-corrected chi connectivity index (χ3v) is 3.52. The van der Waals surface area contributed by atoms with Crippen LogP contribution >= 0.6 is 28.3 Å². The van der Waals surface area contributed by atoms with Crippen molar-refractivity contribution in [2.75, 3.05) is 20.1 Å². The Morgan fingerprint density at radius 1 is 1.41 bits per heavy atom. The van der Waals surface area contributed by atoms with Crippen LogP contribution in [0.4, 0.5) is 0 Å². The molecule has 1 saturated heterocycles. The van der Waals surface area contributed by atoms with E-state index in [2.05, 4.69) is 21.2 Å². The number of benzene rings is 1. The van der Waals surface area contributed by atoms with Crippen molar-refractivity contribution in [1.82, 2.24) is 10.2 Å². The Labute approximate surface area is 116 Å². The van der Waals surface area contributed by atoms with Crippen LogP contribution in [-0.2, 0) is 0 Å². The maximum Gasteiger partial charge on any atom is 0.253 e. The van der Waals surface area contributed by atoms with Crippen molar-refractivity contribution in [2.24, 2.45) is 0 Å². The van der Waals surface area contributed by atoms with Gasteiger partial charge in [0.2, 0.25) is 0 Å². The first-order valence-corrected chi connectivity index (χ1v) is 6.21. The van der Waals surface area contributed by atoms with Gasteiger partial charge in [-0.2, -0.15) is 0 Å². The smallest absolute Gasteiger partial charge is 0.253 e. The lowest BCUT2D eigenvalue weighted by Gasteiger charge is -2.23. The number of amides is 1. The van der Waals surface area contributed by atoms with E-state index >= 15 is 0 Å². The monoisotopic (exact) mass is 318 g/mol. The fourth-order valence-corrected chi connectivity index (χ4v) is 2.20. The molecule has 1 amide bonds. The topological polar surface area (TPSA) is 32.3 Å². The first-order valence-electron chi connectivity index (χ1n) is 5.42. The van der Waals surface area contributed by atoms with Crippen LogP contribution in [-0.4, -0.2) is 37.0 Å². The maximum absolute atomic E-state index is 12.1. The van der Waals surface area contributed by atoms with Crippen LogP contribution in [0, 0.1) is 0 Å². The van der Waals surface area contributed by atoms with E-state index in [1.807, 2.05) is 36.2 Å². The highest BCUT2D eigenvalue weighted by Crippen LogP contribution is 2.14. The first-order chi connectivity index (χ1) is 7.68. The average Bonchev–Trinajstić information content (AvgIpc) is 2.81. The Morgan fingerprint density at radius 2 is 2.06 bits per heavy atom. The summed E-state index contributed by atoms with van der Waals surface area (Å²) in [5, 5.41) is 3.27. The molecule has 0 spiro atoms. The first kappa shape index (κ1) is 14.5. The lowest BCUT2D eigenvalue weighted by Crippen LogP contribution is -2.38. The van der Waals surface area contributed by atoms with Gasteiger partial charge in [-0.25, -0.2) is 0 Å². The van der Waals surface area contributed by atoms with Gasteiger partial charge in [-0.3, -0.25) is 4.79 Å². The number of hydrogen-bond donors (Lipinski definition) is 1. The standard InChI is InChI=1S/C12H15BrN2O.ClH/c1-15(11-6-7-14-8-11)12(16)9-2-4-10(13)5-3-9;/h2-5,11,14H,6-8H2,1H3;1H/t11-;/m1./s1. The molecule has 0 unspecified atom stereocenters. The molecule has 1 aliphatic rings. The van der Waals surface area contributed by atoms with E-state index in [1.54, 1.807) is 0 Å². The predicted octanol–water partition coefficient (Wildman–Crippen LogP) is 2.30. The Hall–Kier alpha value is -0.580. The highest BCUT2D eigenvalue weighted by atomic mass is 79.9. The van der Waals surface area contributed by atoms with Crippen LogP contribution < -0.4 is 5.32 Å². The fourth-order valence-electron chi connectivity index (χ4n) is 1.93. The van der Waals surface area contributed by atoms with Crippen molar-refractivity contribution in [3.63, 3.8) is 0 Å². The Bertz CT molecular complexity index is 377. The molecule has 3 nitrogen and oxygen atoms in total. The quantitative estimate of drug-likeness (QED) is 0.907. The van der Waals surface area contributed by atoms with Crippen molar-refractivity contribution in [3.8, 4) is 0 Å². The maximum atomic E-state index is 12.1. The highest BCUT2D eigenvalue weighted by Gasteiger charge is 2.23. The molecule has 1 aromatic carbocycles. The molecular weight excluding hydrogens is 304 g/mol. The lowest BCUT2D eigenvalue weighted by molar-refractivity contribution is 0.0744. The second-order valence-electron chi connectivity index (χ2n) is 4.07. The molecule has 1 fully saturated rings. The molecule has 1 aliphatic heterocycles. The zero-order valence-corrected chi connectivity index (χ0v) is 12.1. The van der Waals surface area contributed by atoms with E-state index in [9.17, 15) is 4.79 Å². The summed E-state index contributed by atoms with van der Waals surface area (Å²) in [6.45, 7) is 1.90. The van der Waals surface area contributed by atoms with Crippen LogP contribution in [0.3, 0.4) is 0 Å². The lowest BCUT2D eigenvalue weighted by atomic mass is 10.1. The largest absolute Gasteiger partial charge is 0.337 e. The van der Waals surface area contributed by atoms with Crippen molar-refractivity contribution in [2.45, 2.75) is 12.5 Å². The van der Waals surface area contributed by atoms with Gasteiger partial charge in [0.25, 0.3) is 5.91 Å². The summed E-state index contributed by atoms with van der Waals surface area (Å²) >= 11 is 3.36. The van der Waals surface area contributed by atoms with Crippen molar-refractivity contribution in [3.05, 3.63) is 34.3 Å². The molecular formula is C12H16BrClN2O. The van der Waals surface area contributed by atoms with Crippen LogP contribution in [0.25, 0.3) is 0 Å².